The SMILES string of the molecule is CCCCCCC(C)OC(=O)COc1cc(Cl)c(Cl)cc1Cl. The number of ether oxygens (including phenoxy) is 2. The first-order valence-electron chi connectivity index (χ1n) is 7.40. The van der Waals surface area contributed by atoms with Crippen molar-refractivity contribution in [3.05, 3.63) is 27.2 Å². The van der Waals surface area contributed by atoms with Crippen molar-refractivity contribution in [3.8, 4) is 5.75 Å². The van der Waals surface area contributed by atoms with Crippen molar-refractivity contribution in [2.24, 2.45) is 0 Å². The summed E-state index contributed by atoms with van der Waals surface area (Å²) < 4.78 is 10.6. The second-order valence-corrected chi connectivity index (χ2v) is 6.36. The third kappa shape index (κ3) is 7.08. The summed E-state index contributed by atoms with van der Waals surface area (Å²) in [6, 6.07) is 2.95. The van der Waals surface area contributed by atoms with E-state index in [1.54, 1.807) is 0 Å². The molecule has 0 aliphatic carbocycles. The largest absolute Gasteiger partial charge is 0.480 e. The van der Waals surface area contributed by atoms with Crippen LogP contribution in [0.4, 0.5) is 0 Å². The number of rotatable bonds is 9. The Kier molecular flexibility index (Phi) is 8.99. The predicted octanol–water partition coefficient (Wildman–Crippen LogP) is 5.93. The maximum absolute atomic E-state index is 11.7. The summed E-state index contributed by atoms with van der Waals surface area (Å²) in [6.45, 7) is 3.84. The smallest absolute Gasteiger partial charge is 0.344 e. The Morgan fingerprint density at radius 3 is 2.45 bits per heavy atom. The Labute approximate surface area is 146 Å². The van der Waals surface area contributed by atoms with Gasteiger partial charge in [0.1, 0.15) is 5.75 Å². The first-order valence-corrected chi connectivity index (χ1v) is 8.54. The fourth-order valence-corrected chi connectivity index (χ4v) is 2.52. The van der Waals surface area contributed by atoms with Gasteiger partial charge < -0.3 is 9.47 Å². The predicted molar refractivity (Wildman–Crippen MR) is 91.3 cm³/mol. The van der Waals surface area contributed by atoms with Gasteiger partial charge in [-0.15, -0.1) is 0 Å². The van der Waals surface area contributed by atoms with Crippen LogP contribution in [-0.2, 0) is 9.53 Å². The third-order valence-corrected chi connectivity index (χ3v) is 4.13. The molecule has 0 saturated heterocycles. The zero-order valence-corrected chi connectivity index (χ0v) is 15.1. The van der Waals surface area contributed by atoms with Crippen molar-refractivity contribution in [2.45, 2.75) is 52.1 Å². The monoisotopic (exact) mass is 366 g/mol. The summed E-state index contributed by atoms with van der Waals surface area (Å²) >= 11 is 17.7. The van der Waals surface area contributed by atoms with Crippen molar-refractivity contribution in [2.75, 3.05) is 6.61 Å². The number of unbranched alkanes of at least 4 members (excludes halogenated alkanes) is 3. The maximum Gasteiger partial charge on any atom is 0.344 e. The molecule has 1 unspecified atom stereocenters. The fourth-order valence-electron chi connectivity index (χ4n) is 1.93. The van der Waals surface area contributed by atoms with Crippen LogP contribution in [0.25, 0.3) is 0 Å². The number of carbonyl (C=O) groups is 1. The van der Waals surface area contributed by atoms with Crippen LogP contribution in [0.3, 0.4) is 0 Å². The highest BCUT2D eigenvalue weighted by molar-refractivity contribution is 6.43. The van der Waals surface area contributed by atoms with Gasteiger partial charge in [-0.25, -0.2) is 4.79 Å². The van der Waals surface area contributed by atoms with Gasteiger partial charge in [-0.1, -0.05) is 61.0 Å². The quantitative estimate of drug-likeness (QED) is 0.308. The summed E-state index contributed by atoms with van der Waals surface area (Å²) in [7, 11) is 0. The van der Waals surface area contributed by atoms with Crippen molar-refractivity contribution in [1.29, 1.82) is 0 Å². The van der Waals surface area contributed by atoms with Gasteiger partial charge in [0.25, 0.3) is 0 Å². The van der Waals surface area contributed by atoms with Crippen molar-refractivity contribution >= 4 is 40.8 Å². The molecule has 3 nitrogen and oxygen atoms in total. The molecule has 22 heavy (non-hydrogen) atoms. The average Bonchev–Trinajstić information content (AvgIpc) is 2.46. The Balaban J connectivity index is 2.35. The average molecular weight is 368 g/mol. The highest BCUT2D eigenvalue weighted by Crippen LogP contribution is 2.33. The zero-order valence-electron chi connectivity index (χ0n) is 12.8. The van der Waals surface area contributed by atoms with Crippen molar-refractivity contribution in [3.63, 3.8) is 0 Å². The van der Waals surface area contributed by atoms with Gasteiger partial charge in [0, 0.05) is 6.07 Å². The summed E-state index contributed by atoms with van der Waals surface area (Å²) in [5.41, 5.74) is 0. The van der Waals surface area contributed by atoms with E-state index in [0.717, 1.165) is 19.3 Å². The van der Waals surface area contributed by atoms with Crippen LogP contribution in [0.15, 0.2) is 12.1 Å². The lowest BCUT2D eigenvalue weighted by atomic mass is 10.1. The van der Waals surface area contributed by atoms with Crippen LogP contribution in [0, 0.1) is 0 Å². The van der Waals surface area contributed by atoms with Crippen LogP contribution in [0.1, 0.15) is 46.0 Å². The van der Waals surface area contributed by atoms with Gasteiger partial charge in [0.15, 0.2) is 6.61 Å². The summed E-state index contributed by atoms with van der Waals surface area (Å²) in [5.74, 6) is -0.117. The number of esters is 1. The lowest BCUT2D eigenvalue weighted by molar-refractivity contribution is -0.150. The molecule has 6 heteroatoms. The molecule has 1 aromatic carbocycles. The Bertz CT molecular complexity index is 492. The van der Waals surface area contributed by atoms with E-state index in [1.165, 1.54) is 25.0 Å². The molecule has 0 saturated carbocycles. The first-order chi connectivity index (χ1) is 10.4. The van der Waals surface area contributed by atoms with E-state index in [1.807, 2.05) is 6.92 Å². The number of carbonyl (C=O) groups excluding carboxylic acids is 1. The molecule has 124 valence electrons. The molecule has 0 fully saturated rings. The molecule has 0 radical (unpaired) electrons. The topological polar surface area (TPSA) is 35.5 Å². The summed E-state index contributed by atoms with van der Waals surface area (Å²) in [5, 5.41) is 0.954. The number of halogens is 3. The minimum Gasteiger partial charge on any atom is -0.480 e. The molecule has 0 bridgehead atoms. The van der Waals surface area contributed by atoms with E-state index in [9.17, 15) is 4.79 Å². The maximum atomic E-state index is 11.7. The molecule has 1 atom stereocenters. The van der Waals surface area contributed by atoms with E-state index in [-0.39, 0.29) is 12.7 Å². The third-order valence-electron chi connectivity index (χ3n) is 3.12. The van der Waals surface area contributed by atoms with Crippen molar-refractivity contribution < 1.29 is 14.3 Å². The second kappa shape index (κ2) is 10.2. The Morgan fingerprint density at radius 1 is 1.09 bits per heavy atom. The number of hydrogen-bond donors (Lipinski definition) is 0. The van der Waals surface area contributed by atoms with Crippen LogP contribution in [0.5, 0.6) is 5.75 Å². The summed E-state index contributed by atoms with van der Waals surface area (Å²) in [4.78, 5) is 11.7. The molecule has 0 aliphatic heterocycles. The molecule has 0 N–H and O–H groups in total. The van der Waals surface area contributed by atoms with E-state index >= 15 is 0 Å². The molecule has 0 heterocycles. The Morgan fingerprint density at radius 2 is 1.77 bits per heavy atom. The molecule has 1 aromatic rings. The highest BCUT2D eigenvalue weighted by Gasteiger charge is 2.12. The minimum atomic E-state index is -0.426. The van der Waals surface area contributed by atoms with E-state index < -0.39 is 5.97 Å². The molecule has 1 rings (SSSR count). The highest BCUT2D eigenvalue weighted by atomic mass is 35.5. The van der Waals surface area contributed by atoms with Crippen LogP contribution in [0.2, 0.25) is 15.1 Å². The zero-order chi connectivity index (χ0) is 16.5. The molecular formula is C16H21Cl3O3. The normalized spacial score (nSPS) is 12.0. The van der Waals surface area contributed by atoms with Gasteiger partial charge >= 0.3 is 5.97 Å². The number of hydrogen-bond acceptors (Lipinski definition) is 3. The van der Waals surface area contributed by atoms with Gasteiger partial charge in [-0.3, -0.25) is 0 Å². The van der Waals surface area contributed by atoms with Gasteiger partial charge in [-0.05, 0) is 25.8 Å². The minimum absolute atomic E-state index is 0.114. The van der Waals surface area contributed by atoms with E-state index in [2.05, 4.69) is 6.92 Å². The Hall–Kier alpha value is -0.640. The van der Waals surface area contributed by atoms with Crippen LogP contribution < -0.4 is 4.74 Å². The van der Waals surface area contributed by atoms with Gasteiger partial charge in [0.05, 0.1) is 21.2 Å². The second-order valence-electron chi connectivity index (χ2n) is 5.14. The van der Waals surface area contributed by atoms with Gasteiger partial charge in [-0.2, -0.15) is 0 Å². The number of benzene rings is 1. The molecular weight excluding hydrogens is 347 g/mol. The lowest BCUT2D eigenvalue weighted by Gasteiger charge is -2.14. The lowest BCUT2D eigenvalue weighted by Crippen LogP contribution is -2.20. The van der Waals surface area contributed by atoms with E-state index in [4.69, 9.17) is 44.3 Å². The first kappa shape index (κ1) is 19.4. The van der Waals surface area contributed by atoms with Crippen LogP contribution >= 0.6 is 34.8 Å². The van der Waals surface area contributed by atoms with Crippen LogP contribution in [-0.4, -0.2) is 18.7 Å². The molecule has 0 aromatic heterocycles. The molecule has 0 aliphatic rings. The molecule has 0 amide bonds. The standard InChI is InChI=1S/C16H21Cl3O3/c1-3-4-5-6-7-11(2)22-16(20)10-21-15-9-13(18)12(17)8-14(15)19/h8-9,11H,3-7,10H2,1-2H3. The van der Waals surface area contributed by atoms with E-state index in [0.29, 0.717) is 20.8 Å². The van der Waals surface area contributed by atoms with Crippen molar-refractivity contribution in [1.82, 2.24) is 0 Å². The fraction of sp³-hybridized carbons (Fsp3) is 0.562. The molecule has 0 spiro atoms. The van der Waals surface area contributed by atoms with Gasteiger partial charge in [0.2, 0.25) is 0 Å². The summed E-state index contributed by atoms with van der Waals surface area (Å²) in [6.07, 6.45) is 5.36.